The van der Waals surface area contributed by atoms with E-state index in [-0.39, 0.29) is 0 Å². The van der Waals surface area contributed by atoms with E-state index in [2.05, 4.69) is 17.1 Å². The Balaban J connectivity index is 1.82. The van der Waals surface area contributed by atoms with Crippen molar-refractivity contribution in [1.29, 1.82) is 0 Å². The first kappa shape index (κ1) is 14.1. The number of nitrogens with two attached hydrogens (primary N) is 1. The van der Waals surface area contributed by atoms with Crippen LogP contribution in [-0.2, 0) is 5.54 Å². The number of ether oxygens (including phenoxy) is 1. The quantitative estimate of drug-likeness (QED) is 0.913. The van der Waals surface area contributed by atoms with Gasteiger partial charge in [0, 0.05) is 5.56 Å². The standard InChI is InChI=1S/C16H21N3O2/c1-2-10-20-13-7-5-6-12(11-13)14-18-15(19-21-14)16(17)8-3-4-9-16/h5-7,11H,2-4,8-10,17H2,1H3. The van der Waals surface area contributed by atoms with Crippen LogP contribution < -0.4 is 10.5 Å². The van der Waals surface area contributed by atoms with Gasteiger partial charge < -0.3 is 15.0 Å². The average Bonchev–Trinajstić information content (AvgIpc) is 3.15. The molecule has 0 spiro atoms. The van der Waals surface area contributed by atoms with Crippen LogP contribution in [0.25, 0.3) is 11.5 Å². The zero-order valence-corrected chi connectivity index (χ0v) is 12.3. The smallest absolute Gasteiger partial charge is 0.258 e. The largest absolute Gasteiger partial charge is 0.494 e. The van der Waals surface area contributed by atoms with E-state index < -0.39 is 5.54 Å². The minimum Gasteiger partial charge on any atom is -0.494 e. The van der Waals surface area contributed by atoms with Crippen LogP contribution in [0.5, 0.6) is 5.75 Å². The molecule has 112 valence electrons. The summed E-state index contributed by atoms with van der Waals surface area (Å²) >= 11 is 0. The fourth-order valence-electron chi connectivity index (χ4n) is 2.71. The Kier molecular flexibility index (Phi) is 3.92. The number of hydrogen-bond donors (Lipinski definition) is 1. The molecule has 1 saturated carbocycles. The van der Waals surface area contributed by atoms with E-state index in [1.54, 1.807) is 0 Å². The van der Waals surface area contributed by atoms with Crippen LogP contribution >= 0.6 is 0 Å². The molecule has 0 radical (unpaired) electrons. The Morgan fingerprint density at radius 2 is 2.14 bits per heavy atom. The molecule has 2 N–H and O–H groups in total. The highest BCUT2D eigenvalue weighted by Crippen LogP contribution is 2.35. The molecular formula is C16H21N3O2. The fourth-order valence-corrected chi connectivity index (χ4v) is 2.71. The number of benzene rings is 1. The van der Waals surface area contributed by atoms with E-state index >= 15 is 0 Å². The maximum Gasteiger partial charge on any atom is 0.258 e. The van der Waals surface area contributed by atoms with Crippen molar-refractivity contribution in [1.82, 2.24) is 10.1 Å². The molecule has 0 saturated heterocycles. The van der Waals surface area contributed by atoms with E-state index in [1.165, 1.54) is 0 Å². The minimum absolute atomic E-state index is 0.419. The summed E-state index contributed by atoms with van der Waals surface area (Å²) in [5.74, 6) is 1.94. The summed E-state index contributed by atoms with van der Waals surface area (Å²) in [6.45, 7) is 2.78. The lowest BCUT2D eigenvalue weighted by atomic mass is 9.99. The third kappa shape index (κ3) is 2.93. The SMILES string of the molecule is CCCOc1cccc(-c2nc(C3(N)CCCC3)no2)c1. The van der Waals surface area contributed by atoms with E-state index in [0.29, 0.717) is 18.3 Å². The van der Waals surface area contributed by atoms with Gasteiger partial charge in [0.2, 0.25) is 0 Å². The van der Waals surface area contributed by atoms with Crippen molar-refractivity contribution in [3.05, 3.63) is 30.1 Å². The summed E-state index contributed by atoms with van der Waals surface area (Å²) < 4.78 is 11.0. The minimum atomic E-state index is -0.419. The molecule has 5 nitrogen and oxygen atoms in total. The second-order valence-corrected chi connectivity index (χ2v) is 5.66. The lowest BCUT2D eigenvalue weighted by molar-refractivity contribution is 0.317. The van der Waals surface area contributed by atoms with E-state index in [4.69, 9.17) is 15.0 Å². The highest BCUT2D eigenvalue weighted by Gasteiger charge is 2.36. The summed E-state index contributed by atoms with van der Waals surface area (Å²) in [6, 6.07) is 7.72. The van der Waals surface area contributed by atoms with Crippen LogP contribution in [0.15, 0.2) is 28.8 Å². The van der Waals surface area contributed by atoms with Gasteiger partial charge in [-0.05, 0) is 37.5 Å². The lowest BCUT2D eigenvalue weighted by Crippen LogP contribution is -2.34. The van der Waals surface area contributed by atoms with E-state index in [1.807, 2.05) is 24.3 Å². The molecule has 1 heterocycles. The monoisotopic (exact) mass is 287 g/mol. The third-order valence-corrected chi connectivity index (χ3v) is 3.92. The second kappa shape index (κ2) is 5.85. The first-order valence-corrected chi connectivity index (χ1v) is 7.57. The van der Waals surface area contributed by atoms with Gasteiger partial charge in [0.1, 0.15) is 5.75 Å². The predicted molar refractivity (Wildman–Crippen MR) is 79.9 cm³/mol. The molecule has 1 aliphatic carbocycles. The molecule has 1 fully saturated rings. The van der Waals surface area contributed by atoms with Gasteiger partial charge in [0.15, 0.2) is 5.82 Å². The van der Waals surface area contributed by atoms with Gasteiger partial charge in [0.25, 0.3) is 5.89 Å². The first-order valence-electron chi connectivity index (χ1n) is 7.57. The van der Waals surface area contributed by atoms with Crippen molar-refractivity contribution in [3.63, 3.8) is 0 Å². The van der Waals surface area contributed by atoms with Crippen LogP contribution in [0, 0.1) is 0 Å². The normalized spacial score (nSPS) is 17.0. The zero-order chi connectivity index (χ0) is 14.7. The molecule has 3 rings (SSSR count). The Morgan fingerprint density at radius 1 is 1.33 bits per heavy atom. The molecule has 1 aromatic carbocycles. The van der Waals surface area contributed by atoms with Crippen molar-refractivity contribution >= 4 is 0 Å². The average molecular weight is 287 g/mol. The molecular weight excluding hydrogens is 266 g/mol. The third-order valence-electron chi connectivity index (χ3n) is 3.92. The highest BCUT2D eigenvalue weighted by molar-refractivity contribution is 5.55. The molecule has 5 heteroatoms. The van der Waals surface area contributed by atoms with Crippen LogP contribution in [-0.4, -0.2) is 16.7 Å². The van der Waals surface area contributed by atoms with Crippen LogP contribution in [0.3, 0.4) is 0 Å². The van der Waals surface area contributed by atoms with Gasteiger partial charge in [0.05, 0.1) is 12.1 Å². The van der Waals surface area contributed by atoms with Gasteiger partial charge >= 0.3 is 0 Å². The number of nitrogens with zero attached hydrogens (tertiary/aromatic N) is 2. The van der Waals surface area contributed by atoms with Crippen LogP contribution in [0.4, 0.5) is 0 Å². The second-order valence-electron chi connectivity index (χ2n) is 5.66. The van der Waals surface area contributed by atoms with Gasteiger partial charge in [-0.3, -0.25) is 0 Å². The highest BCUT2D eigenvalue weighted by atomic mass is 16.5. The molecule has 0 amide bonds. The van der Waals surface area contributed by atoms with Crippen molar-refractivity contribution in [3.8, 4) is 17.2 Å². The van der Waals surface area contributed by atoms with Crippen molar-refractivity contribution in [2.75, 3.05) is 6.61 Å². The molecule has 1 aliphatic rings. The topological polar surface area (TPSA) is 74.2 Å². The summed E-state index contributed by atoms with van der Waals surface area (Å²) in [5, 5.41) is 4.09. The Bertz CT molecular complexity index is 603. The number of rotatable bonds is 5. The van der Waals surface area contributed by atoms with Crippen molar-refractivity contribution in [2.24, 2.45) is 5.73 Å². The Labute approximate surface area is 124 Å². The fraction of sp³-hybridized carbons (Fsp3) is 0.500. The van der Waals surface area contributed by atoms with Crippen LogP contribution in [0.2, 0.25) is 0 Å². The maximum atomic E-state index is 6.36. The molecule has 0 aliphatic heterocycles. The summed E-state index contributed by atoms with van der Waals surface area (Å²) in [5.41, 5.74) is 6.80. The van der Waals surface area contributed by atoms with Crippen molar-refractivity contribution in [2.45, 2.75) is 44.6 Å². The zero-order valence-electron chi connectivity index (χ0n) is 12.3. The maximum absolute atomic E-state index is 6.36. The van der Waals surface area contributed by atoms with Gasteiger partial charge in [-0.15, -0.1) is 0 Å². The molecule has 0 atom stereocenters. The Hall–Kier alpha value is -1.88. The molecule has 2 aromatic rings. The first-order chi connectivity index (χ1) is 10.2. The molecule has 21 heavy (non-hydrogen) atoms. The van der Waals surface area contributed by atoms with E-state index in [9.17, 15) is 0 Å². The number of hydrogen-bond acceptors (Lipinski definition) is 5. The van der Waals surface area contributed by atoms with Crippen molar-refractivity contribution < 1.29 is 9.26 Å². The van der Waals surface area contributed by atoms with E-state index in [0.717, 1.165) is 43.4 Å². The van der Waals surface area contributed by atoms with Gasteiger partial charge in [-0.2, -0.15) is 4.98 Å². The van der Waals surface area contributed by atoms with Gasteiger partial charge in [-0.25, -0.2) is 0 Å². The van der Waals surface area contributed by atoms with Gasteiger partial charge in [-0.1, -0.05) is 31.0 Å². The molecule has 0 unspecified atom stereocenters. The van der Waals surface area contributed by atoms with Crippen LogP contribution in [0.1, 0.15) is 44.9 Å². The lowest BCUT2D eigenvalue weighted by Gasteiger charge is -2.17. The number of aromatic nitrogens is 2. The Morgan fingerprint density at radius 3 is 2.90 bits per heavy atom. The summed E-state index contributed by atoms with van der Waals surface area (Å²) in [4.78, 5) is 4.50. The predicted octanol–water partition coefficient (Wildman–Crippen LogP) is 3.25. The molecule has 0 bridgehead atoms. The summed E-state index contributed by atoms with van der Waals surface area (Å²) in [7, 11) is 0. The summed E-state index contributed by atoms with van der Waals surface area (Å²) in [6.07, 6.45) is 5.07. The molecule has 1 aromatic heterocycles.